The van der Waals surface area contributed by atoms with Gasteiger partial charge < -0.3 is 15.5 Å². The van der Waals surface area contributed by atoms with Crippen LogP contribution in [-0.2, 0) is 22.6 Å². The molecule has 4 rings (SSSR count). The van der Waals surface area contributed by atoms with Crippen LogP contribution in [0, 0.1) is 0 Å². The summed E-state index contributed by atoms with van der Waals surface area (Å²) in [7, 11) is 0. The second-order valence-electron chi connectivity index (χ2n) is 7.16. The fraction of sp³-hybridized carbons (Fsp3) is 0.333. The molecule has 2 heterocycles. The lowest BCUT2D eigenvalue weighted by Gasteiger charge is -2.34. The Labute approximate surface area is 163 Å². The molecule has 0 saturated carbocycles. The van der Waals surface area contributed by atoms with Gasteiger partial charge in [-0.2, -0.15) is 0 Å². The Bertz CT molecular complexity index is 842. The smallest absolute Gasteiger partial charge is 0.246 e. The number of amides is 2. The minimum Gasteiger partial charge on any atom is -0.342 e. The second-order valence-corrected chi connectivity index (χ2v) is 7.57. The molecule has 0 radical (unpaired) electrons. The van der Waals surface area contributed by atoms with E-state index >= 15 is 0 Å². The number of piperazine rings is 1. The Hall–Kier alpha value is -2.37. The molecule has 0 aromatic heterocycles. The van der Waals surface area contributed by atoms with Gasteiger partial charge in [0.25, 0.3) is 0 Å². The van der Waals surface area contributed by atoms with E-state index in [0.717, 1.165) is 16.1 Å². The lowest BCUT2D eigenvalue weighted by Crippen LogP contribution is -2.61. The quantitative estimate of drug-likeness (QED) is 0.831. The zero-order chi connectivity index (χ0) is 18.8. The molecule has 2 saturated heterocycles. The van der Waals surface area contributed by atoms with Gasteiger partial charge in [-0.3, -0.25) is 9.59 Å². The van der Waals surface area contributed by atoms with Gasteiger partial charge >= 0.3 is 0 Å². The first-order valence-corrected chi connectivity index (χ1v) is 9.61. The van der Waals surface area contributed by atoms with Crippen molar-refractivity contribution < 1.29 is 9.59 Å². The molecule has 2 N–H and O–H groups in total. The zero-order valence-electron chi connectivity index (χ0n) is 14.9. The molecule has 5 nitrogen and oxygen atoms in total. The second kappa shape index (κ2) is 7.71. The van der Waals surface area contributed by atoms with Crippen LogP contribution in [0.4, 0.5) is 0 Å². The van der Waals surface area contributed by atoms with Gasteiger partial charge in [-0.15, -0.1) is 0 Å². The van der Waals surface area contributed by atoms with E-state index in [-0.39, 0.29) is 23.9 Å². The summed E-state index contributed by atoms with van der Waals surface area (Å²) in [6.07, 6.45) is 1.15. The maximum absolute atomic E-state index is 12.9. The summed E-state index contributed by atoms with van der Waals surface area (Å²) in [5, 5.41) is 7.07. The van der Waals surface area contributed by atoms with Crippen LogP contribution in [-0.4, -0.2) is 41.4 Å². The minimum absolute atomic E-state index is 0.00509. The van der Waals surface area contributed by atoms with Crippen LogP contribution in [0.1, 0.15) is 17.5 Å². The van der Waals surface area contributed by atoms with E-state index in [1.54, 1.807) is 4.90 Å². The summed E-state index contributed by atoms with van der Waals surface area (Å²) in [4.78, 5) is 27.2. The van der Waals surface area contributed by atoms with Crippen molar-refractivity contribution in [2.45, 2.75) is 37.5 Å². The van der Waals surface area contributed by atoms with Crippen molar-refractivity contribution >= 4 is 23.4 Å². The van der Waals surface area contributed by atoms with E-state index in [4.69, 9.17) is 11.6 Å². The van der Waals surface area contributed by atoms with Crippen LogP contribution in [0.25, 0.3) is 0 Å². The molecule has 6 heteroatoms. The van der Waals surface area contributed by atoms with Gasteiger partial charge in [-0.1, -0.05) is 60.1 Å². The van der Waals surface area contributed by atoms with Crippen molar-refractivity contribution in [3.63, 3.8) is 0 Å². The molecule has 27 heavy (non-hydrogen) atoms. The van der Waals surface area contributed by atoms with Crippen molar-refractivity contribution in [3.05, 3.63) is 70.7 Å². The van der Waals surface area contributed by atoms with Crippen molar-refractivity contribution in [2.24, 2.45) is 0 Å². The topological polar surface area (TPSA) is 61.4 Å². The number of fused-ring (bicyclic) bond motifs is 1. The van der Waals surface area contributed by atoms with Gasteiger partial charge in [-0.05, 0) is 23.6 Å². The van der Waals surface area contributed by atoms with Gasteiger partial charge in [-0.25, -0.2) is 0 Å². The molecule has 140 valence electrons. The Kier molecular flexibility index (Phi) is 5.14. The van der Waals surface area contributed by atoms with Crippen molar-refractivity contribution in [3.8, 4) is 0 Å². The number of nitrogens with one attached hydrogen (secondary N) is 2. The van der Waals surface area contributed by atoms with Crippen LogP contribution in [0.3, 0.4) is 0 Å². The average molecular weight is 384 g/mol. The van der Waals surface area contributed by atoms with Gasteiger partial charge in [0.2, 0.25) is 11.8 Å². The predicted octanol–water partition coefficient (Wildman–Crippen LogP) is 2.14. The van der Waals surface area contributed by atoms with Gasteiger partial charge in [0.15, 0.2) is 0 Å². The fourth-order valence-corrected chi connectivity index (χ4v) is 4.09. The maximum Gasteiger partial charge on any atom is 0.246 e. The van der Waals surface area contributed by atoms with Crippen LogP contribution in [0.5, 0.6) is 0 Å². The molecule has 0 bridgehead atoms. The van der Waals surface area contributed by atoms with Crippen LogP contribution >= 0.6 is 11.6 Å². The van der Waals surface area contributed by atoms with Gasteiger partial charge in [0.05, 0.1) is 0 Å². The molecular formula is C21H22ClN3O2. The number of nitrogens with zero attached hydrogens (tertiary/aromatic N) is 1. The first-order valence-electron chi connectivity index (χ1n) is 9.23. The summed E-state index contributed by atoms with van der Waals surface area (Å²) in [6.45, 7) is 1.17. The molecular weight excluding hydrogens is 362 g/mol. The number of benzene rings is 2. The highest BCUT2D eigenvalue weighted by Gasteiger charge is 2.46. The SMILES string of the molecule is O=C1N[C@@H](Cc2ccccc2)C(=O)N2C[C@@H](NCc3ccccc3Cl)C[C@@H]12. The molecule has 0 unspecified atom stereocenters. The Balaban J connectivity index is 1.40. The summed E-state index contributed by atoms with van der Waals surface area (Å²) in [5.41, 5.74) is 2.06. The van der Waals surface area contributed by atoms with Crippen molar-refractivity contribution in [2.75, 3.05) is 6.54 Å². The highest BCUT2D eigenvalue weighted by Crippen LogP contribution is 2.24. The van der Waals surface area contributed by atoms with Crippen LogP contribution in [0.15, 0.2) is 54.6 Å². The molecule has 3 atom stereocenters. The molecule has 2 aliphatic heterocycles. The first kappa shape index (κ1) is 18.0. The largest absolute Gasteiger partial charge is 0.342 e. The summed E-state index contributed by atoms with van der Waals surface area (Å²) in [6, 6.07) is 16.7. The van der Waals surface area contributed by atoms with Crippen molar-refractivity contribution in [1.29, 1.82) is 0 Å². The molecule has 0 spiro atoms. The van der Waals surface area contributed by atoms with Gasteiger partial charge in [0, 0.05) is 30.6 Å². The van der Waals surface area contributed by atoms with E-state index in [2.05, 4.69) is 10.6 Å². The summed E-state index contributed by atoms with van der Waals surface area (Å²) < 4.78 is 0. The Morgan fingerprint density at radius 2 is 1.81 bits per heavy atom. The van der Waals surface area contributed by atoms with Gasteiger partial charge in [0.1, 0.15) is 12.1 Å². The monoisotopic (exact) mass is 383 g/mol. The fourth-order valence-electron chi connectivity index (χ4n) is 3.89. The summed E-state index contributed by atoms with van der Waals surface area (Å²) in [5.74, 6) is -0.0527. The number of hydrogen-bond acceptors (Lipinski definition) is 3. The average Bonchev–Trinajstić information content (AvgIpc) is 3.11. The molecule has 2 aliphatic rings. The third-order valence-electron chi connectivity index (χ3n) is 5.32. The van der Waals surface area contributed by atoms with E-state index in [1.807, 2.05) is 54.6 Å². The van der Waals surface area contributed by atoms with E-state index in [9.17, 15) is 9.59 Å². The number of carbonyl (C=O) groups excluding carboxylic acids is 2. The Morgan fingerprint density at radius 1 is 1.07 bits per heavy atom. The molecule has 2 aromatic carbocycles. The molecule has 0 aliphatic carbocycles. The summed E-state index contributed by atoms with van der Waals surface area (Å²) >= 11 is 6.21. The van der Waals surface area contributed by atoms with Crippen LogP contribution in [0.2, 0.25) is 5.02 Å². The molecule has 2 amide bonds. The molecule has 2 aromatic rings. The standard InChI is InChI=1S/C21H22ClN3O2/c22-17-9-5-4-8-15(17)12-23-16-11-19-20(26)24-18(21(27)25(19)13-16)10-14-6-2-1-3-7-14/h1-9,16,18-19,23H,10-13H2,(H,24,26)/t16-,18-,19-/m0/s1. The number of carbonyl (C=O) groups is 2. The third-order valence-corrected chi connectivity index (χ3v) is 5.69. The first-order chi connectivity index (χ1) is 13.1. The zero-order valence-corrected chi connectivity index (χ0v) is 15.7. The van der Waals surface area contributed by atoms with Crippen molar-refractivity contribution in [1.82, 2.24) is 15.5 Å². The third kappa shape index (κ3) is 3.84. The van der Waals surface area contributed by atoms with E-state index in [0.29, 0.717) is 25.9 Å². The Morgan fingerprint density at radius 3 is 2.59 bits per heavy atom. The predicted molar refractivity (Wildman–Crippen MR) is 104 cm³/mol. The molecule has 2 fully saturated rings. The highest BCUT2D eigenvalue weighted by atomic mass is 35.5. The highest BCUT2D eigenvalue weighted by molar-refractivity contribution is 6.31. The lowest BCUT2D eigenvalue weighted by atomic mass is 10.0. The van der Waals surface area contributed by atoms with Crippen LogP contribution < -0.4 is 10.6 Å². The normalized spacial score (nSPS) is 24.6. The maximum atomic E-state index is 12.9. The van der Waals surface area contributed by atoms with E-state index in [1.165, 1.54) is 0 Å². The van der Waals surface area contributed by atoms with E-state index < -0.39 is 6.04 Å². The number of rotatable bonds is 5. The lowest BCUT2D eigenvalue weighted by molar-refractivity contribution is -0.147. The number of hydrogen-bond donors (Lipinski definition) is 2. The number of halogens is 1. The minimum atomic E-state index is -0.488.